The number of aliphatic hydroxyl groups excluding tert-OH is 1. The Hall–Kier alpha value is -2.32. The van der Waals surface area contributed by atoms with Crippen LogP contribution in [0.2, 0.25) is 0 Å². The van der Waals surface area contributed by atoms with Gasteiger partial charge in [-0.25, -0.2) is 9.78 Å². The molecule has 1 unspecified atom stereocenters. The summed E-state index contributed by atoms with van der Waals surface area (Å²) in [4.78, 5) is 20.4. The highest BCUT2D eigenvalue weighted by Crippen LogP contribution is 2.38. The molecular formula is C24H34N2O3. The van der Waals surface area contributed by atoms with Crippen molar-refractivity contribution < 1.29 is 14.6 Å². The number of ether oxygens (including phenoxy) is 1. The van der Waals surface area contributed by atoms with Crippen LogP contribution in [0.3, 0.4) is 0 Å². The third kappa shape index (κ3) is 5.19. The Morgan fingerprint density at radius 1 is 1.38 bits per heavy atom. The maximum Gasteiger partial charge on any atom is 0.356 e. The van der Waals surface area contributed by atoms with E-state index in [0.29, 0.717) is 30.2 Å². The number of aliphatic hydroxyl groups is 1. The Labute approximate surface area is 174 Å². The van der Waals surface area contributed by atoms with Gasteiger partial charge in [-0.05, 0) is 49.1 Å². The van der Waals surface area contributed by atoms with Gasteiger partial charge in [0.05, 0.1) is 24.3 Å². The molecule has 0 fully saturated rings. The highest BCUT2D eigenvalue weighted by atomic mass is 16.5. The van der Waals surface area contributed by atoms with Crippen LogP contribution in [-0.2, 0) is 17.6 Å². The fourth-order valence-electron chi connectivity index (χ4n) is 3.69. The molecular weight excluding hydrogens is 364 g/mol. The zero-order valence-corrected chi connectivity index (χ0v) is 18.6. The fourth-order valence-corrected chi connectivity index (χ4v) is 3.69. The fraction of sp³-hybridized carbons (Fsp3) is 0.583. The number of H-pyrrole nitrogens is 1. The van der Waals surface area contributed by atoms with Gasteiger partial charge in [-0.2, -0.15) is 0 Å². The van der Waals surface area contributed by atoms with Crippen LogP contribution < -0.4 is 0 Å². The monoisotopic (exact) mass is 398 g/mol. The minimum absolute atomic E-state index is 0.0128. The van der Waals surface area contributed by atoms with Crippen molar-refractivity contribution in [1.82, 2.24) is 9.97 Å². The molecule has 29 heavy (non-hydrogen) atoms. The molecule has 0 aromatic carbocycles. The Kier molecular flexibility index (Phi) is 7.87. The van der Waals surface area contributed by atoms with Gasteiger partial charge in [0.25, 0.3) is 0 Å². The average molecular weight is 399 g/mol. The predicted octanol–water partition coefficient (Wildman–Crippen LogP) is 4.65. The zero-order valence-electron chi connectivity index (χ0n) is 18.6. The van der Waals surface area contributed by atoms with E-state index in [4.69, 9.17) is 14.8 Å². The number of nitrogens with zero attached hydrogens (tertiary/aromatic N) is 1. The first-order valence-corrected chi connectivity index (χ1v) is 10.7. The summed E-state index contributed by atoms with van der Waals surface area (Å²) >= 11 is 0. The summed E-state index contributed by atoms with van der Waals surface area (Å²) in [6.07, 6.45) is 3.42. The molecule has 0 saturated heterocycles. The molecule has 1 aliphatic rings. The Bertz CT molecular complexity index is 910. The van der Waals surface area contributed by atoms with E-state index in [-0.39, 0.29) is 12.0 Å². The molecule has 0 amide bonds. The lowest BCUT2D eigenvalue weighted by molar-refractivity contribution is 0.0520. The first-order chi connectivity index (χ1) is 13.8. The Balaban J connectivity index is 0.00000145. The summed E-state index contributed by atoms with van der Waals surface area (Å²) in [5, 5.41) is 9.00. The van der Waals surface area contributed by atoms with Crippen LogP contribution in [0.25, 0.3) is 11.0 Å². The van der Waals surface area contributed by atoms with Gasteiger partial charge in [0, 0.05) is 12.1 Å². The lowest BCUT2D eigenvalue weighted by Gasteiger charge is -2.34. The molecule has 5 heteroatoms. The van der Waals surface area contributed by atoms with Crippen molar-refractivity contribution in [2.75, 3.05) is 13.2 Å². The number of pyridine rings is 1. The number of hydrogen-bond donors (Lipinski definition) is 2. The Morgan fingerprint density at radius 3 is 2.72 bits per heavy atom. The summed E-state index contributed by atoms with van der Waals surface area (Å²) in [6, 6.07) is 2.12. The van der Waals surface area contributed by atoms with Gasteiger partial charge in [0.1, 0.15) is 11.2 Å². The molecule has 0 bridgehead atoms. The van der Waals surface area contributed by atoms with Crippen LogP contribution in [0.1, 0.15) is 81.7 Å². The topological polar surface area (TPSA) is 75.2 Å². The van der Waals surface area contributed by atoms with Crippen molar-refractivity contribution in [3.05, 3.63) is 28.6 Å². The van der Waals surface area contributed by atoms with E-state index in [1.165, 1.54) is 5.56 Å². The molecule has 3 rings (SSSR count). The number of esters is 1. The molecule has 1 atom stereocenters. The minimum atomic E-state index is -0.422. The van der Waals surface area contributed by atoms with Crippen molar-refractivity contribution in [2.24, 2.45) is 11.3 Å². The maximum absolute atomic E-state index is 12.4. The van der Waals surface area contributed by atoms with Gasteiger partial charge < -0.3 is 14.8 Å². The third-order valence-electron chi connectivity index (χ3n) is 5.29. The van der Waals surface area contributed by atoms with Crippen molar-refractivity contribution >= 4 is 17.0 Å². The summed E-state index contributed by atoms with van der Waals surface area (Å²) in [5.74, 6) is 6.11. The molecule has 0 radical (unpaired) electrons. The van der Waals surface area contributed by atoms with E-state index in [1.54, 1.807) is 6.92 Å². The first-order valence-electron chi connectivity index (χ1n) is 10.7. The van der Waals surface area contributed by atoms with Gasteiger partial charge in [-0.3, -0.25) is 0 Å². The minimum Gasteiger partial charge on any atom is -0.461 e. The second-order valence-corrected chi connectivity index (χ2v) is 8.17. The van der Waals surface area contributed by atoms with Gasteiger partial charge in [0.2, 0.25) is 0 Å². The zero-order chi connectivity index (χ0) is 21.6. The number of aromatic amines is 1. The summed E-state index contributed by atoms with van der Waals surface area (Å²) < 4.78 is 5.18. The Morgan fingerprint density at radius 2 is 2.10 bits per heavy atom. The quantitative estimate of drug-likeness (QED) is 0.583. The molecule has 0 aliphatic heterocycles. The van der Waals surface area contributed by atoms with E-state index in [1.807, 2.05) is 13.8 Å². The van der Waals surface area contributed by atoms with Gasteiger partial charge in [-0.1, -0.05) is 46.5 Å². The SMILES string of the molecule is CC.CCOC(=O)c1[nH]c2cc3c(nc2c1C#CCCO)CCC(C(C)(C)C)C3. The van der Waals surface area contributed by atoms with Gasteiger partial charge in [0.15, 0.2) is 0 Å². The van der Waals surface area contributed by atoms with Crippen molar-refractivity contribution in [3.8, 4) is 11.8 Å². The van der Waals surface area contributed by atoms with Crippen LogP contribution in [0, 0.1) is 23.2 Å². The second-order valence-electron chi connectivity index (χ2n) is 8.17. The number of fused-ring (bicyclic) bond motifs is 2. The molecule has 2 aromatic rings. The number of aryl methyl sites for hydroxylation is 1. The highest BCUT2D eigenvalue weighted by molar-refractivity contribution is 5.99. The van der Waals surface area contributed by atoms with E-state index in [9.17, 15) is 4.79 Å². The lowest BCUT2D eigenvalue weighted by Crippen LogP contribution is -2.27. The lowest BCUT2D eigenvalue weighted by atomic mass is 9.71. The molecule has 2 N–H and O–H groups in total. The number of rotatable bonds is 3. The number of nitrogens with one attached hydrogen (secondary N) is 1. The second kappa shape index (κ2) is 9.93. The molecule has 2 heterocycles. The predicted molar refractivity (Wildman–Crippen MR) is 117 cm³/mol. The molecule has 0 saturated carbocycles. The van der Waals surface area contributed by atoms with E-state index in [2.05, 4.69) is 43.7 Å². The number of aromatic nitrogens is 2. The van der Waals surface area contributed by atoms with Crippen LogP contribution in [0.4, 0.5) is 0 Å². The molecule has 2 aromatic heterocycles. The van der Waals surface area contributed by atoms with Crippen LogP contribution >= 0.6 is 0 Å². The molecule has 5 nitrogen and oxygen atoms in total. The van der Waals surface area contributed by atoms with Crippen molar-refractivity contribution in [1.29, 1.82) is 0 Å². The van der Waals surface area contributed by atoms with Crippen molar-refractivity contribution in [3.63, 3.8) is 0 Å². The van der Waals surface area contributed by atoms with Crippen molar-refractivity contribution in [2.45, 2.75) is 67.2 Å². The highest BCUT2D eigenvalue weighted by Gasteiger charge is 2.30. The number of carbonyl (C=O) groups is 1. The normalized spacial score (nSPS) is 15.6. The van der Waals surface area contributed by atoms with Crippen LogP contribution in [0.5, 0.6) is 0 Å². The van der Waals surface area contributed by atoms with Crippen LogP contribution in [-0.4, -0.2) is 34.3 Å². The molecule has 158 valence electrons. The maximum atomic E-state index is 12.4. The smallest absolute Gasteiger partial charge is 0.356 e. The van der Waals surface area contributed by atoms with E-state index in [0.717, 1.165) is 36.0 Å². The largest absolute Gasteiger partial charge is 0.461 e. The molecule has 0 spiro atoms. The van der Waals surface area contributed by atoms with E-state index < -0.39 is 5.97 Å². The van der Waals surface area contributed by atoms with Gasteiger partial charge in [-0.15, -0.1) is 0 Å². The van der Waals surface area contributed by atoms with E-state index >= 15 is 0 Å². The summed E-state index contributed by atoms with van der Waals surface area (Å²) in [5.41, 5.74) is 5.07. The number of carbonyl (C=O) groups excluding carboxylic acids is 1. The number of hydrogen-bond acceptors (Lipinski definition) is 4. The summed E-state index contributed by atoms with van der Waals surface area (Å²) in [7, 11) is 0. The first kappa shape index (κ1) is 23.0. The standard InChI is InChI=1S/C22H28N2O3.C2H6/c1-5-27-21(26)20-16(8-6-7-11-25)19-18(24-20)13-14-12-15(22(2,3)4)9-10-17(14)23-19;1-2/h13,15,24-25H,5,7,9-12H2,1-4H3;1-2H3. The van der Waals surface area contributed by atoms with Crippen LogP contribution in [0.15, 0.2) is 6.07 Å². The molecule has 1 aliphatic carbocycles. The summed E-state index contributed by atoms with van der Waals surface area (Å²) in [6.45, 7) is 12.9. The third-order valence-corrected chi connectivity index (χ3v) is 5.29. The average Bonchev–Trinajstić information content (AvgIpc) is 3.04. The van der Waals surface area contributed by atoms with Gasteiger partial charge >= 0.3 is 5.97 Å².